The molecule has 0 aliphatic carbocycles. The Kier molecular flexibility index (Phi) is 5.87. The first kappa shape index (κ1) is 17.1. The SMILES string of the molecule is CS[C@H]1NC(=O)/C(=C/c2ccc(OCC=C(C)C)cc2)NC1=O. The maximum absolute atomic E-state index is 11.9. The van der Waals surface area contributed by atoms with Gasteiger partial charge in [-0.15, -0.1) is 11.8 Å². The van der Waals surface area contributed by atoms with E-state index < -0.39 is 5.37 Å². The van der Waals surface area contributed by atoms with Crippen LogP contribution >= 0.6 is 11.8 Å². The van der Waals surface area contributed by atoms with E-state index in [1.807, 2.05) is 44.2 Å². The van der Waals surface area contributed by atoms with Crippen LogP contribution in [-0.2, 0) is 9.59 Å². The molecule has 0 bridgehead atoms. The van der Waals surface area contributed by atoms with Crippen LogP contribution in [0.1, 0.15) is 19.4 Å². The first-order valence-corrected chi connectivity index (χ1v) is 8.51. The highest BCUT2D eigenvalue weighted by molar-refractivity contribution is 7.99. The van der Waals surface area contributed by atoms with E-state index in [4.69, 9.17) is 4.74 Å². The average molecular weight is 332 g/mol. The highest BCUT2D eigenvalue weighted by Gasteiger charge is 2.28. The highest BCUT2D eigenvalue weighted by atomic mass is 32.2. The summed E-state index contributed by atoms with van der Waals surface area (Å²) in [5.41, 5.74) is 2.26. The number of rotatable bonds is 5. The Morgan fingerprint density at radius 1 is 1.26 bits per heavy atom. The summed E-state index contributed by atoms with van der Waals surface area (Å²) in [7, 11) is 0. The third-order valence-electron chi connectivity index (χ3n) is 3.17. The summed E-state index contributed by atoms with van der Waals surface area (Å²) < 4.78 is 5.58. The Bertz CT molecular complexity index is 646. The van der Waals surface area contributed by atoms with E-state index in [2.05, 4.69) is 10.6 Å². The fourth-order valence-corrected chi connectivity index (χ4v) is 2.41. The molecule has 0 unspecified atom stereocenters. The number of allylic oxidation sites excluding steroid dienone is 1. The minimum atomic E-state index is -0.537. The number of thioether (sulfide) groups is 1. The molecule has 1 aromatic carbocycles. The van der Waals surface area contributed by atoms with Gasteiger partial charge in [0.2, 0.25) is 0 Å². The van der Waals surface area contributed by atoms with Crippen molar-refractivity contribution < 1.29 is 14.3 Å². The molecule has 1 aromatic rings. The van der Waals surface area contributed by atoms with Crippen molar-refractivity contribution in [1.82, 2.24) is 10.6 Å². The monoisotopic (exact) mass is 332 g/mol. The molecule has 1 aliphatic rings. The predicted octanol–water partition coefficient (Wildman–Crippen LogP) is 2.31. The average Bonchev–Trinajstić information content (AvgIpc) is 2.52. The Morgan fingerprint density at radius 2 is 1.96 bits per heavy atom. The van der Waals surface area contributed by atoms with Gasteiger partial charge in [-0.25, -0.2) is 0 Å². The molecule has 2 rings (SSSR count). The maximum Gasteiger partial charge on any atom is 0.269 e. The minimum Gasteiger partial charge on any atom is -0.490 e. The standard InChI is InChI=1S/C17H20N2O3S/c1-11(2)8-9-22-13-6-4-12(5-7-13)10-14-15(20)19-17(23-3)16(21)18-14/h4-8,10,17H,9H2,1-3H3,(H,18,21)(H,19,20)/b14-10-/t17-/m1/s1. The molecule has 23 heavy (non-hydrogen) atoms. The Balaban J connectivity index is 2.03. The van der Waals surface area contributed by atoms with Gasteiger partial charge in [0.1, 0.15) is 18.1 Å². The zero-order valence-electron chi connectivity index (χ0n) is 13.4. The van der Waals surface area contributed by atoms with Gasteiger partial charge in [-0.05, 0) is 50.0 Å². The number of hydrogen-bond acceptors (Lipinski definition) is 4. The van der Waals surface area contributed by atoms with Gasteiger partial charge < -0.3 is 15.4 Å². The van der Waals surface area contributed by atoms with Gasteiger partial charge in [-0.2, -0.15) is 0 Å². The summed E-state index contributed by atoms with van der Waals surface area (Å²) in [4.78, 5) is 23.7. The lowest BCUT2D eigenvalue weighted by molar-refractivity contribution is -0.128. The molecule has 1 heterocycles. The quantitative estimate of drug-likeness (QED) is 0.641. The molecule has 0 aromatic heterocycles. The summed E-state index contributed by atoms with van der Waals surface area (Å²) in [6.07, 6.45) is 5.41. The number of hydrogen-bond donors (Lipinski definition) is 2. The molecule has 0 saturated carbocycles. The number of amides is 2. The highest BCUT2D eigenvalue weighted by Crippen LogP contribution is 2.16. The van der Waals surface area contributed by atoms with Crippen LogP contribution in [0.2, 0.25) is 0 Å². The number of ether oxygens (including phenoxy) is 1. The second-order valence-corrected chi connectivity index (χ2v) is 6.24. The van der Waals surface area contributed by atoms with Crippen LogP contribution in [0, 0.1) is 0 Å². The van der Waals surface area contributed by atoms with E-state index in [0.717, 1.165) is 11.3 Å². The van der Waals surface area contributed by atoms with Crippen LogP contribution in [0.15, 0.2) is 41.6 Å². The molecular weight excluding hydrogens is 312 g/mol. The molecule has 6 heteroatoms. The lowest BCUT2D eigenvalue weighted by Gasteiger charge is -2.23. The van der Waals surface area contributed by atoms with Gasteiger partial charge in [0, 0.05) is 0 Å². The van der Waals surface area contributed by atoms with Crippen molar-refractivity contribution in [1.29, 1.82) is 0 Å². The molecule has 122 valence electrons. The maximum atomic E-state index is 11.9. The summed E-state index contributed by atoms with van der Waals surface area (Å²) in [5.74, 6) is 0.252. The van der Waals surface area contributed by atoms with Crippen LogP contribution < -0.4 is 15.4 Å². The number of piperazine rings is 1. The predicted molar refractivity (Wildman–Crippen MR) is 92.9 cm³/mol. The molecule has 1 saturated heterocycles. The van der Waals surface area contributed by atoms with Crippen molar-refractivity contribution in [3.8, 4) is 5.75 Å². The van der Waals surface area contributed by atoms with Gasteiger partial charge in [-0.1, -0.05) is 17.7 Å². The molecule has 1 atom stereocenters. The number of carbonyl (C=O) groups is 2. The molecular formula is C17H20N2O3S. The second kappa shape index (κ2) is 7.87. The van der Waals surface area contributed by atoms with Crippen molar-refractivity contribution in [3.05, 3.63) is 47.2 Å². The molecule has 0 spiro atoms. The van der Waals surface area contributed by atoms with Gasteiger partial charge in [0.05, 0.1) is 0 Å². The Morgan fingerprint density at radius 3 is 2.57 bits per heavy atom. The number of benzene rings is 1. The third-order valence-corrected chi connectivity index (χ3v) is 3.97. The first-order valence-electron chi connectivity index (χ1n) is 7.22. The second-order valence-electron chi connectivity index (χ2n) is 5.30. The first-order chi connectivity index (χ1) is 11.0. The molecule has 1 aliphatic heterocycles. The van der Waals surface area contributed by atoms with Gasteiger partial charge >= 0.3 is 0 Å². The van der Waals surface area contributed by atoms with E-state index in [-0.39, 0.29) is 17.5 Å². The smallest absolute Gasteiger partial charge is 0.269 e. The summed E-state index contributed by atoms with van der Waals surface area (Å²) in [6, 6.07) is 7.34. The zero-order chi connectivity index (χ0) is 16.8. The minimum absolute atomic E-state index is 0.218. The Hall–Kier alpha value is -2.21. The van der Waals surface area contributed by atoms with Crippen LogP contribution in [0.5, 0.6) is 5.75 Å². The van der Waals surface area contributed by atoms with Crippen LogP contribution in [-0.4, -0.2) is 30.1 Å². The van der Waals surface area contributed by atoms with Crippen molar-refractivity contribution in [2.45, 2.75) is 19.2 Å². The van der Waals surface area contributed by atoms with E-state index >= 15 is 0 Å². The van der Waals surface area contributed by atoms with E-state index in [9.17, 15) is 9.59 Å². The van der Waals surface area contributed by atoms with Crippen molar-refractivity contribution in [2.24, 2.45) is 0 Å². The molecule has 2 N–H and O–H groups in total. The fraction of sp³-hybridized carbons (Fsp3) is 0.294. The molecule has 5 nitrogen and oxygen atoms in total. The van der Waals surface area contributed by atoms with E-state index in [0.29, 0.717) is 6.61 Å². The van der Waals surface area contributed by atoms with Gasteiger partial charge in [0.25, 0.3) is 11.8 Å². The van der Waals surface area contributed by atoms with Gasteiger partial charge in [-0.3, -0.25) is 9.59 Å². The zero-order valence-corrected chi connectivity index (χ0v) is 14.2. The molecule has 0 radical (unpaired) electrons. The topological polar surface area (TPSA) is 67.4 Å². The summed E-state index contributed by atoms with van der Waals surface area (Å²) in [6.45, 7) is 4.56. The van der Waals surface area contributed by atoms with Crippen LogP contribution in [0.3, 0.4) is 0 Å². The largest absolute Gasteiger partial charge is 0.490 e. The van der Waals surface area contributed by atoms with Crippen molar-refractivity contribution in [3.63, 3.8) is 0 Å². The van der Waals surface area contributed by atoms with E-state index in [1.165, 1.54) is 17.3 Å². The van der Waals surface area contributed by atoms with Crippen molar-refractivity contribution in [2.75, 3.05) is 12.9 Å². The van der Waals surface area contributed by atoms with Crippen molar-refractivity contribution >= 4 is 29.7 Å². The number of nitrogens with one attached hydrogen (secondary N) is 2. The molecule has 1 fully saturated rings. The normalized spacial score (nSPS) is 19.1. The van der Waals surface area contributed by atoms with Crippen LogP contribution in [0.25, 0.3) is 6.08 Å². The Labute approximate surface area is 140 Å². The lowest BCUT2D eigenvalue weighted by Crippen LogP contribution is -2.52. The fourth-order valence-electron chi connectivity index (χ4n) is 1.92. The van der Waals surface area contributed by atoms with E-state index in [1.54, 1.807) is 12.3 Å². The lowest BCUT2D eigenvalue weighted by atomic mass is 10.1. The number of carbonyl (C=O) groups excluding carboxylic acids is 2. The van der Waals surface area contributed by atoms with Crippen LogP contribution in [0.4, 0.5) is 0 Å². The van der Waals surface area contributed by atoms with Gasteiger partial charge in [0.15, 0.2) is 5.37 Å². The third kappa shape index (κ3) is 4.89. The summed E-state index contributed by atoms with van der Waals surface area (Å²) in [5, 5.41) is 4.74. The molecule has 2 amide bonds. The summed E-state index contributed by atoms with van der Waals surface area (Å²) >= 11 is 1.28.